The summed E-state index contributed by atoms with van der Waals surface area (Å²) in [7, 11) is 5.77. The van der Waals surface area contributed by atoms with Crippen LogP contribution < -0.4 is 16.0 Å². The summed E-state index contributed by atoms with van der Waals surface area (Å²) in [5.74, 6) is 0. The third-order valence-electron chi connectivity index (χ3n) is 6.99. The number of nitrogens with zero attached hydrogens (tertiary/aromatic N) is 1. The number of carbonyl (C=O) groups excluding carboxylic acids is 2. The van der Waals surface area contributed by atoms with Gasteiger partial charge in [0.1, 0.15) is 12.0 Å². The summed E-state index contributed by atoms with van der Waals surface area (Å²) in [4.78, 5) is 23.6. The maximum absolute atomic E-state index is 10.2. The van der Waals surface area contributed by atoms with Gasteiger partial charge in [-0.1, -0.05) is 82.7 Å². The second kappa shape index (κ2) is 41.5. The number of benzene rings is 1. The molecule has 0 atom stereocenters. The molecule has 0 saturated heterocycles. The van der Waals surface area contributed by atoms with E-state index in [1.165, 1.54) is 41.2 Å². The number of carbonyl (C=O) groups is 2. The average molecular weight is 721 g/mol. The van der Waals surface area contributed by atoms with Crippen LogP contribution in [0, 0.1) is 0 Å². The number of aromatic nitrogens is 1. The number of hydrogen-bond acceptors (Lipinski definition) is 7. The van der Waals surface area contributed by atoms with Gasteiger partial charge in [0.15, 0.2) is 6.29 Å². The highest BCUT2D eigenvalue weighted by Crippen LogP contribution is 2.22. The number of ether oxygens (including phenoxy) is 1. The Hall–Kier alpha value is -3.91. The van der Waals surface area contributed by atoms with Crippen LogP contribution in [-0.2, 0) is 16.0 Å². The minimum Gasteiger partial charge on any atom is -0.388 e. The van der Waals surface area contributed by atoms with E-state index in [0.717, 1.165) is 74.5 Å². The highest BCUT2D eigenvalue weighted by atomic mass is 16.5. The van der Waals surface area contributed by atoms with Crippen LogP contribution in [0.4, 0.5) is 5.69 Å². The number of pyridine rings is 1. The van der Waals surface area contributed by atoms with Gasteiger partial charge in [-0.05, 0) is 133 Å². The zero-order chi connectivity index (χ0) is 40.6. The van der Waals surface area contributed by atoms with Crippen LogP contribution in [0.15, 0.2) is 96.8 Å². The fourth-order valence-corrected chi connectivity index (χ4v) is 4.00. The summed E-state index contributed by atoms with van der Waals surface area (Å²) < 4.78 is 5.13. The van der Waals surface area contributed by atoms with Gasteiger partial charge in [-0.3, -0.25) is 14.6 Å². The van der Waals surface area contributed by atoms with Gasteiger partial charge in [-0.2, -0.15) is 0 Å². The van der Waals surface area contributed by atoms with E-state index in [2.05, 4.69) is 120 Å². The van der Waals surface area contributed by atoms with E-state index in [4.69, 9.17) is 4.74 Å². The van der Waals surface area contributed by atoms with Crippen LogP contribution in [0.25, 0.3) is 5.57 Å². The maximum atomic E-state index is 10.2. The topological polar surface area (TPSA) is 92.3 Å². The first-order valence-corrected chi connectivity index (χ1v) is 18.7. The molecule has 0 aliphatic carbocycles. The Bertz CT molecular complexity index is 1230. The zero-order valence-electron chi connectivity index (χ0n) is 35.3. The molecule has 1 aromatic carbocycles. The van der Waals surface area contributed by atoms with E-state index in [0.29, 0.717) is 5.69 Å². The predicted octanol–water partition coefficient (Wildman–Crippen LogP) is 10.9. The van der Waals surface area contributed by atoms with Gasteiger partial charge >= 0.3 is 0 Å². The first kappa shape index (κ1) is 54.9. The number of nitrogens with one attached hydrogen (secondary N) is 3. The van der Waals surface area contributed by atoms with Crippen molar-refractivity contribution in [1.29, 1.82) is 0 Å². The molecule has 0 aliphatic heterocycles. The molecule has 7 heteroatoms. The highest BCUT2D eigenvalue weighted by Gasteiger charge is 2.01. The molecule has 7 nitrogen and oxygen atoms in total. The number of aryl methyl sites for hydroxylation is 1. The van der Waals surface area contributed by atoms with Gasteiger partial charge < -0.3 is 20.7 Å². The minimum absolute atomic E-state index is 0.513. The van der Waals surface area contributed by atoms with Crippen molar-refractivity contribution in [1.82, 2.24) is 15.6 Å². The van der Waals surface area contributed by atoms with Crippen LogP contribution in [0.3, 0.4) is 0 Å². The van der Waals surface area contributed by atoms with Crippen molar-refractivity contribution >= 4 is 23.8 Å². The Morgan fingerprint density at radius 2 is 1.46 bits per heavy atom. The molecule has 3 N–H and O–H groups in total. The summed E-state index contributed by atoms with van der Waals surface area (Å²) in [5, 5.41) is 9.19. The van der Waals surface area contributed by atoms with Crippen molar-refractivity contribution in [3.05, 3.63) is 114 Å². The van der Waals surface area contributed by atoms with E-state index in [1.807, 2.05) is 41.1 Å². The van der Waals surface area contributed by atoms with Gasteiger partial charge in [0.05, 0.1) is 0 Å². The van der Waals surface area contributed by atoms with Crippen molar-refractivity contribution in [3.8, 4) is 0 Å². The van der Waals surface area contributed by atoms with Gasteiger partial charge in [0, 0.05) is 44.7 Å². The highest BCUT2D eigenvalue weighted by molar-refractivity contribution is 5.72. The molecule has 0 bridgehead atoms. The molecule has 2 aromatic rings. The molecule has 0 fully saturated rings. The van der Waals surface area contributed by atoms with Crippen LogP contribution in [0.5, 0.6) is 0 Å². The third-order valence-corrected chi connectivity index (χ3v) is 6.99. The largest absolute Gasteiger partial charge is 0.388 e. The summed E-state index contributed by atoms with van der Waals surface area (Å²) in [6, 6.07) is 12.9. The summed E-state index contributed by atoms with van der Waals surface area (Å²) in [5.41, 5.74) is 8.95. The third kappa shape index (κ3) is 34.5. The Balaban J connectivity index is -0.000000290. The summed E-state index contributed by atoms with van der Waals surface area (Å²) in [6.45, 7) is 31.0. The Morgan fingerprint density at radius 3 is 1.81 bits per heavy atom. The number of likely N-dealkylation sites (N-methyl/N-ethyl adjacent to an activating group) is 1. The van der Waals surface area contributed by atoms with E-state index in [1.54, 1.807) is 24.4 Å². The molecule has 1 heterocycles. The Kier molecular flexibility index (Phi) is 43.8. The molecular weight excluding hydrogens is 645 g/mol. The lowest BCUT2D eigenvalue weighted by atomic mass is 9.98. The van der Waals surface area contributed by atoms with Gasteiger partial charge in [-0.25, -0.2) is 0 Å². The van der Waals surface area contributed by atoms with Gasteiger partial charge in [0.2, 0.25) is 0 Å². The molecule has 0 amide bonds. The zero-order valence-corrected chi connectivity index (χ0v) is 35.3. The minimum atomic E-state index is 0.513. The second-order valence-electron chi connectivity index (χ2n) is 11.9. The lowest BCUT2D eigenvalue weighted by molar-refractivity contribution is -0.104. The van der Waals surface area contributed by atoms with Crippen LogP contribution >= 0.6 is 0 Å². The molecule has 294 valence electrons. The average Bonchev–Trinajstić information content (AvgIpc) is 3.16. The monoisotopic (exact) mass is 721 g/mol. The van der Waals surface area contributed by atoms with Gasteiger partial charge in [0.25, 0.3) is 0 Å². The quantitative estimate of drug-likeness (QED) is 0.0523. The maximum Gasteiger partial charge on any atom is 0.168 e. The number of anilines is 1. The van der Waals surface area contributed by atoms with Gasteiger partial charge in [-0.15, -0.1) is 6.58 Å². The molecule has 0 saturated carbocycles. The van der Waals surface area contributed by atoms with E-state index in [9.17, 15) is 9.59 Å². The van der Waals surface area contributed by atoms with Crippen molar-refractivity contribution in [2.24, 2.45) is 0 Å². The van der Waals surface area contributed by atoms with E-state index < -0.39 is 0 Å². The second-order valence-corrected chi connectivity index (χ2v) is 11.9. The summed E-state index contributed by atoms with van der Waals surface area (Å²) >= 11 is 0. The fraction of sp³-hybridized carbons (Fsp3) is 0.489. The van der Waals surface area contributed by atoms with Crippen molar-refractivity contribution < 1.29 is 14.3 Å². The molecule has 52 heavy (non-hydrogen) atoms. The molecule has 0 unspecified atom stereocenters. The fourth-order valence-electron chi connectivity index (χ4n) is 4.00. The normalized spacial score (nSPS) is 9.85. The molecular formula is C45H76N4O3. The summed E-state index contributed by atoms with van der Waals surface area (Å²) in [6.07, 6.45) is 16.1. The lowest BCUT2D eigenvalue weighted by Crippen LogP contribution is -2.22. The van der Waals surface area contributed by atoms with E-state index in [-0.39, 0.29) is 0 Å². The lowest BCUT2D eigenvalue weighted by Gasteiger charge is -2.08. The molecule has 0 spiro atoms. The first-order valence-electron chi connectivity index (χ1n) is 18.7. The van der Waals surface area contributed by atoms with Crippen LogP contribution in [0.1, 0.15) is 117 Å². The number of aldehydes is 2. The van der Waals surface area contributed by atoms with Crippen molar-refractivity contribution in [2.45, 2.75) is 107 Å². The number of rotatable bonds is 16. The van der Waals surface area contributed by atoms with Crippen LogP contribution in [0.2, 0.25) is 0 Å². The van der Waals surface area contributed by atoms with Crippen molar-refractivity contribution in [3.63, 3.8) is 0 Å². The molecule has 0 aliphatic rings. The SMILES string of the molecule is C=C(C)C(/C=C(\C)c1ccc(NC)cc1)=C(C)C.C=CC.CCC(CC)NC.CCCOCCC.CCc1ccnc(C=O)c1.CNC/C=C/C=O. The molecule has 1 aromatic heterocycles. The standard InChI is InChI=1S/C17H23N.C8H9NO.C6H15N.C6H14O.C5H9NO.C3H6/c1-12(2)17(13(3)4)11-14(5)15-7-9-16(18-6)10-8-15;1-2-7-3-4-9-8(5-7)6-10;1-4-6(5-2)7-3;1-3-5-7-6-4-2;1-6-4-2-3-5-7;1-3-2/h7-11,18H,1H2,2-6H3;3-6H,2H2,1H3;6-7H,4-5H2,1-3H3;3-6H2,1-2H3;2-3,5-6H,4H2,1H3;3H,1H2,2H3/b14-11+;;;;3-2+;. The number of hydrogen-bond donors (Lipinski definition) is 3. The van der Waals surface area contributed by atoms with E-state index >= 15 is 0 Å². The molecule has 0 radical (unpaired) electrons. The smallest absolute Gasteiger partial charge is 0.168 e. The predicted molar refractivity (Wildman–Crippen MR) is 232 cm³/mol. The Morgan fingerprint density at radius 1 is 0.904 bits per heavy atom. The Labute approximate surface area is 320 Å². The number of allylic oxidation sites excluding steroid dienone is 7. The molecule has 2 rings (SSSR count). The first-order chi connectivity index (χ1) is 24.9. The van der Waals surface area contributed by atoms with Crippen molar-refractivity contribution in [2.75, 3.05) is 46.2 Å². The van der Waals surface area contributed by atoms with Crippen LogP contribution in [-0.4, -0.2) is 64.5 Å².